The van der Waals surface area contributed by atoms with Crippen molar-refractivity contribution in [1.29, 1.82) is 0 Å². The average molecular weight is 245 g/mol. The number of hydrogen-bond donors (Lipinski definition) is 0. The van der Waals surface area contributed by atoms with E-state index in [0.29, 0.717) is 0 Å². The van der Waals surface area contributed by atoms with E-state index >= 15 is 0 Å². The number of halogens is 6. The van der Waals surface area contributed by atoms with Crippen LogP contribution in [0.15, 0.2) is 0 Å². The second kappa shape index (κ2) is 4.38. The number of hydrogen-bond acceptors (Lipinski definition) is 0. The molecule has 0 aliphatic rings. The van der Waals surface area contributed by atoms with E-state index < -0.39 is 7.59 Å². The monoisotopic (exact) mass is 242 g/mol. The van der Waals surface area contributed by atoms with Crippen LogP contribution < -0.4 is 0 Å². The first kappa shape index (κ1) is 13.9. The Kier molecular flexibility index (Phi) is 6.77. The van der Waals surface area contributed by atoms with E-state index in [9.17, 15) is 0 Å². The Bertz CT molecular complexity index is 66.0. The maximum atomic E-state index is 5.14. The standard InChI is InChI=1S/C2Cl6.Li.H/c3-1(4,5)2(6,7)8;;. The molecule has 0 bridgehead atoms. The molecule has 0 rings (SSSR count). The van der Waals surface area contributed by atoms with Crippen LogP contribution in [0, 0.1) is 0 Å². The van der Waals surface area contributed by atoms with Crippen LogP contribution in [0.2, 0.25) is 0 Å². The van der Waals surface area contributed by atoms with Gasteiger partial charge in [-0.1, -0.05) is 69.6 Å². The first-order valence-corrected chi connectivity index (χ1v) is 3.65. The van der Waals surface area contributed by atoms with Crippen molar-refractivity contribution in [2.75, 3.05) is 0 Å². The van der Waals surface area contributed by atoms with E-state index in [4.69, 9.17) is 69.6 Å². The normalized spacial score (nSPS) is 12.7. The summed E-state index contributed by atoms with van der Waals surface area (Å²) in [5.74, 6) is 0. The van der Waals surface area contributed by atoms with Crippen LogP contribution in [-0.4, -0.2) is 26.4 Å². The van der Waals surface area contributed by atoms with Crippen molar-refractivity contribution in [3.8, 4) is 0 Å². The molecule has 0 aromatic heterocycles. The van der Waals surface area contributed by atoms with Crippen molar-refractivity contribution < 1.29 is 0 Å². The molecule has 0 heterocycles. The molecule has 0 spiro atoms. The summed E-state index contributed by atoms with van der Waals surface area (Å²) in [5, 5.41) is 0. The van der Waals surface area contributed by atoms with Gasteiger partial charge in [-0.15, -0.1) is 0 Å². The zero-order valence-corrected chi connectivity index (χ0v) is 7.80. The van der Waals surface area contributed by atoms with Crippen LogP contribution in [0.25, 0.3) is 0 Å². The van der Waals surface area contributed by atoms with Gasteiger partial charge < -0.3 is 0 Å². The zero-order valence-electron chi connectivity index (χ0n) is 3.27. The third-order valence-electron chi connectivity index (χ3n) is 0.321. The summed E-state index contributed by atoms with van der Waals surface area (Å²) >= 11 is 30.9. The van der Waals surface area contributed by atoms with Crippen LogP contribution in [0.4, 0.5) is 0 Å². The van der Waals surface area contributed by atoms with Gasteiger partial charge in [-0.2, -0.15) is 0 Å². The first-order valence-electron chi connectivity index (χ1n) is 1.38. The SMILES string of the molecule is ClC(Cl)(Cl)C(Cl)(Cl)Cl.[LiH]. The van der Waals surface area contributed by atoms with Crippen LogP contribution in [0.3, 0.4) is 0 Å². The van der Waals surface area contributed by atoms with Gasteiger partial charge in [-0.3, -0.25) is 0 Å². The molecule has 0 unspecified atom stereocenters. The fraction of sp³-hybridized carbons (Fsp3) is 1.00. The molecule has 0 aromatic carbocycles. The fourth-order valence-corrected chi connectivity index (χ4v) is 0. The van der Waals surface area contributed by atoms with Crippen molar-refractivity contribution in [2.45, 2.75) is 7.59 Å². The van der Waals surface area contributed by atoms with Crippen LogP contribution in [0.1, 0.15) is 0 Å². The Hall–Kier alpha value is 2.34. The van der Waals surface area contributed by atoms with Crippen molar-refractivity contribution in [3.05, 3.63) is 0 Å². The molecule has 0 saturated carbocycles. The molecule has 0 radical (unpaired) electrons. The Morgan fingerprint density at radius 2 is 0.667 bits per heavy atom. The molecule has 0 fully saturated rings. The minimum absolute atomic E-state index is 0. The minimum atomic E-state index is -1.85. The third-order valence-corrected chi connectivity index (χ3v) is 2.89. The molecule has 0 aliphatic carbocycles. The number of rotatable bonds is 0. The van der Waals surface area contributed by atoms with E-state index in [-0.39, 0.29) is 18.9 Å². The summed E-state index contributed by atoms with van der Waals surface area (Å²) in [6.07, 6.45) is 0. The van der Waals surface area contributed by atoms with E-state index in [1.54, 1.807) is 0 Å². The Morgan fingerprint density at radius 1 is 0.556 bits per heavy atom. The summed E-state index contributed by atoms with van der Waals surface area (Å²) in [6, 6.07) is 0. The summed E-state index contributed by atoms with van der Waals surface area (Å²) in [4.78, 5) is 0. The second-order valence-corrected chi connectivity index (χ2v) is 5.56. The van der Waals surface area contributed by atoms with Gasteiger partial charge in [0.25, 0.3) is 0 Å². The zero-order chi connectivity index (χ0) is 7.00. The van der Waals surface area contributed by atoms with Gasteiger partial charge in [0.15, 0.2) is 0 Å². The molecule has 0 nitrogen and oxygen atoms in total. The summed E-state index contributed by atoms with van der Waals surface area (Å²) in [7, 11) is 0. The van der Waals surface area contributed by atoms with Crippen molar-refractivity contribution in [2.24, 2.45) is 0 Å². The van der Waals surface area contributed by atoms with E-state index in [0.717, 1.165) is 0 Å². The molecule has 0 aromatic rings. The molecule has 0 N–H and O–H groups in total. The van der Waals surface area contributed by atoms with Gasteiger partial charge >= 0.3 is 18.9 Å². The molecule has 0 amide bonds. The maximum absolute atomic E-state index is 5.14. The summed E-state index contributed by atoms with van der Waals surface area (Å²) < 4.78 is -3.70. The predicted octanol–water partition coefficient (Wildman–Crippen LogP) is 3.08. The third kappa shape index (κ3) is 5.59. The first-order chi connectivity index (χ1) is 3.25. The van der Waals surface area contributed by atoms with Crippen LogP contribution >= 0.6 is 69.6 Å². The molecule has 0 atom stereocenters. The molecule has 9 heavy (non-hydrogen) atoms. The van der Waals surface area contributed by atoms with E-state index in [1.165, 1.54) is 0 Å². The molecule has 7 heteroatoms. The van der Waals surface area contributed by atoms with Crippen LogP contribution in [-0.2, 0) is 0 Å². The Morgan fingerprint density at radius 3 is 0.667 bits per heavy atom. The summed E-state index contributed by atoms with van der Waals surface area (Å²) in [6.45, 7) is 0. The topological polar surface area (TPSA) is 0 Å². The molecule has 0 aliphatic heterocycles. The van der Waals surface area contributed by atoms with Crippen LogP contribution in [0.5, 0.6) is 0 Å². The van der Waals surface area contributed by atoms with Crippen molar-refractivity contribution in [3.63, 3.8) is 0 Å². The van der Waals surface area contributed by atoms with Gasteiger partial charge in [0, 0.05) is 0 Å². The quantitative estimate of drug-likeness (QED) is 0.454. The van der Waals surface area contributed by atoms with Gasteiger partial charge in [0.1, 0.15) is 0 Å². The summed E-state index contributed by atoms with van der Waals surface area (Å²) in [5.41, 5.74) is 0. The number of alkyl halides is 6. The van der Waals surface area contributed by atoms with E-state index in [2.05, 4.69) is 0 Å². The van der Waals surface area contributed by atoms with Gasteiger partial charge in [0.2, 0.25) is 7.59 Å². The average Bonchev–Trinajstić information content (AvgIpc) is 1.25. The molecule has 52 valence electrons. The van der Waals surface area contributed by atoms with Crippen molar-refractivity contribution >= 4 is 88.5 Å². The van der Waals surface area contributed by atoms with Gasteiger partial charge in [-0.25, -0.2) is 0 Å². The molecule has 0 saturated heterocycles. The predicted molar refractivity (Wildman–Crippen MR) is 47.7 cm³/mol. The Labute approximate surface area is 95.2 Å². The Balaban J connectivity index is 0. The molecular formula is C2HCl6Li. The second-order valence-electron chi connectivity index (χ2n) is 0.996. The fourth-order valence-electron chi connectivity index (χ4n) is 0. The van der Waals surface area contributed by atoms with Gasteiger partial charge in [-0.05, 0) is 0 Å². The van der Waals surface area contributed by atoms with E-state index in [1.807, 2.05) is 0 Å². The van der Waals surface area contributed by atoms with Gasteiger partial charge in [0.05, 0.1) is 0 Å². The van der Waals surface area contributed by atoms with Crippen molar-refractivity contribution in [1.82, 2.24) is 0 Å². The molecular weight excluding hydrogens is 244 g/mol.